The number of imidazole rings is 1. The van der Waals surface area contributed by atoms with Crippen molar-refractivity contribution in [2.24, 2.45) is 0 Å². The number of likely N-dealkylation sites (tertiary alicyclic amines) is 1. The molecule has 4 rings (SSSR count). The van der Waals surface area contributed by atoms with Crippen LogP contribution in [0, 0.1) is 5.82 Å². The molecule has 1 atom stereocenters. The number of aryl methyl sites for hydroxylation is 1. The van der Waals surface area contributed by atoms with Crippen LogP contribution in [-0.4, -0.2) is 44.9 Å². The maximum absolute atomic E-state index is 14.8. The van der Waals surface area contributed by atoms with E-state index in [0.717, 1.165) is 0 Å². The van der Waals surface area contributed by atoms with Crippen LogP contribution in [0.25, 0.3) is 5.76 Å². The van der Waals surface area contributed by atoms with Crippen LogP contribution in [0.15, 0.2) is 66.8 Å². The van der Waals surface area contributed by atoms with Crippen LogP contribution in [0.5, 0.6) is 5.75 Å². The lowest BCUT2D eigenvalue weighted by Crippen LogP contribution is -2.31. The van der Waals surface area contributed by atoms with Crippen LogP contribution in [-0.2, 0) is 16.1 Å². The van der Waals surface area contributed by atoms with Crippen LogP contribution >= 0.6 is 11.6 Å². The molecule has 3 aromatic rings. The van der Waals surface area contributed by atoms with Gasteiger partial charge in [-0.25, -0.2) is 9.37 Å². The van der Waals surface area contributed by atoms with E-state index >= 15 is 0 Å². The summed E-state index contributed by atoms with van der Waals surface area (Å²) in [4.78, 5) is 31.3. The summed E-state index contributed by atoms with van der Waals surface area (Å²) >= 11 is 6.18. The number of methoxy groups -OCH3 is 1. The Morgan fingerprint density at radius 1 is 1.21 bits per heavy atom. The number of carbonyl (C=O) groups is 2. The molecule has 2 aromatic carbocycles. The lowest BCUT2D eigenvalue weighted by Gasteiger charge is -2.25. The molecule has 1 N–H and O–H groups in total. The summed E-state index contributed by atoms with van der Waals surface area (Å²) in [6.07, 6.45) is 5.58. The molecule has 1 aromatic heterocycles. The summed E-state index contributed by atoms with van der Waals surface area (Å²) in [7, 11) is 1.45. The van der Waals surface area contributed by atoms with Crippen molar-refractivity contribution in [1.29, 1.82) is 0 Å². The summed E-state index contributed by atoms with van der Waals surface area (Å²) in [5, 5.41) is 11.3. The molecule has 0 radical (unpaired) electrons. The van der Waals surface area contributed by atoms with E-state index in [1.807, 2.05) is 4.57 Å². The van der Waals surface area contributed by atoms with Gasteiger partial charge in [0.2, 0.25) is 0 Å². The minimum absolute atomic E-state index is 0.125. The fourth-order valence-electron chi connectivity index (χ4n) is 3.94. The number of rotatable bonds is 7. The van der Waals surface area contributed by atoms with Gasteiger partial charge in [0.15, 0.2) is 0 Å². The molecule has 0 bridgehead atoms. The van der Waals surface area contributed by atoms with E-state index in [0.29, 0.717) is 18.7 Å². The van der Waals surface area contributed by atoms with Crippen molar-refractivity contribution in [2.75, 3.05) is 13.7 Å². The van der Waals surface area contributed by atoms with Crippen molar-refractivity contribution in [3.63, 3.8) is 0 Å². The molecule has 1 fully saturated rings. The second-order valence-electron chi connectivity index (χ2n) is 7.52. The molecule has 0 aliphatic carbocycles. The van der Waals surface area contributed by atoms with Crippen molar-refractivity contribution in [3.05, 3.63) is 88.7 Å². The summed E-state index contributed by atoms with van der Waals surface area (Å²) < 4.78 is 21.8. The molecule has 1 amide bonds. The van der Waals surface area contributed by atoms with E-state index in [1.54, 1.807) is 24.8 Å². The Morgan fingerprint density at radius 3 is 2.67 bits per heavy atom. The van der Waals surface area contributed by atoms with E-state index in [9.17, 15) is 19.1 Å². The predicted molar refractivity (Wildman–Crippen MR) is 120 cm³/mol. The van der Waals surface area contributed by atoms with Gasteiger partial charge in [0, 0.05) is 36.6 Å². The molecule has 1 saturated heterocycles. The molecule has 0 unspecified atom stereocenters. The Kier molecular flexibility index (Phi) is 6.46. The topological polar surface area (TPSA) is 84.7 Å². The predicted octanol–water partition coefficient (Wildman–Crippen LogP) is 4.20. The van der Waals surface area contributed by atoms with Gasteiger partial charge in [-0.1, -0.05) is 29.8 Å². The Balaban J connectivity index is 1.76. The highest BCUT2D eigenvalue weighted by Crippen LogP contribution is 2.41. The maximum Gasteiger partial charge on any atom is 0.295 e. The van der Waals surface area contributed by atoms with E-state index in [4.69, 9.17) is 16.3 Å². The van der Waals surface area contributed by atoms with Gasteiger partial charge in [-0.3, -0.25) is 9.59 Å². The van der Waals surface area contributed by atoms with Gasteiger partial charge in [0.25, 0.3) is 11.7 Å². The number of amides is 1. The zero-order chi connectivity index (χ0) is 23.5. The highest BCUT2D eigenvalue weighted by atomic mass is 35.5. The minimum Gasteiger partial charge on any atom is -0.507 e. The normalized spacial score (nSPS) is 17.5. The lowest BCUT2D eigenvalue weighted by molar-refractivity contribution is -0.140. The highest BCUT2D eigenvalue weighted by Gasteiger charge is 2.46. The van der Waals surface area contributed by atoms with Gasteiger partial charge in [-0.15, -0.1) is 0 Å². The summed E-state index contributed by atoms with van der Waals surface area (Å²) in [6, 6.07) is 9.31. The molecule has 33 heavy (non-hydrogen) atoms. The van der Waals surface area contributed by atoms with E-state index in [1.165, 1.54) is 48.4 Å². The number of Topliss-reactive ketones (excluding diaryl/α,β-unsaturated/α-hetero) is 1. The summed E-state index contributed by atoms with van der Waals surface area (Å²) in [5.41, 5.74) is 0.160. The number of carbonyl (C=O) groups excluding carboxylic acids is 2. The Bertz CT molecular complexity index is 1230. The van der Waals surface area contributed by atoms with Gasteiger partial charge >= 0.3 is 0 Å². The third-order valence-corrected chi connectivity index (χ3v) is 5.83. The molecule has 7 nitrogen and oxygen atoms in total. The Hall–Kier alpha value is -3.65. The quantitative estimate of drug-likeness (QED) is 0.318. The van der Waals surface area contributed by atoms with Crippen LogP contribution < -0.4 is 4.74 Å². The minimum atomic E-state index is -1.07. The summed E-state index contributed by atoms with van der Waals surface area (Å²) in [5.74, 6) is -2.30. The molecule has 1 aliphatic heterocycles. The molecule has 0 saturated carbocycles. The first-order chi connectivity index (χ1) is 15.9. The van der Waals surface area contributed by atoms with Gasteiger partial charge < -0.3 is 19.3 Å². The first-order valence-electron chi connectivity index (χ1n) is 10.2. The number of hydrogen-bond acceptors (Lipinski definition) is 5. The lowest BCUT2D eigenvalue weighted by atomic mass is 9.95. The molecular weight excluding hydrogens is 449 g/mol. The number of aliphatic hydroxyl groups excluding tert-OH is 1. The van der Waals surface area contributed by atoms with Crippen LogP contribution in [0.1, 0.15) is 23.6 Å². The van der Waals surface area contributed by atoms with Crippen molar-refractivity contribution < 1.29 is 23.8 Å². The van der Waals surface area contributed by atoms with Gasteiger partial charge in [0.05, 0.1) is 30.1 Å². The largest absolute Gasteiger partial charge is 0.507 e. The Morgan fingerprint density at radius 2 is 2.00 bits per heavy atom. The number of hydrogen-bond donors (Lipinski definition) is 1. The van der Waals surface area contributed by atoms with E-state index in [2.05, 4.69) is 4.98 Å². The fraction of sp³-hybridized carbons (Fsp3) is 0.208. The number of nitrogens with zero attached hydrogens (tertiary/aromatic N) is 3. The standard InChI is InChI=1S/C24H21ClFN3O4/c1-33-19-8-7-15(13-17(19)25)22(30)20-21(16-5-2-3-6-18(16)26)29(24(32)23(20)31)11-4-10-28-12-9-27-14-28/h2-3,5-9,12-14,21,30H,4,10-11H2,1H3/b22-20+/t21-/m1/s1. The van der Waals surface area contributed by atoms with Crippen molar-refractivity contribution in [1.82, 2.24) is 14.5 Å². The van der Waals surface area contributed by atoms with Gasteiger partial charge in [0.1, 0.15) is 17.3 Å². The molecule has 2 heterocycles. The monoisotopic (exact) mass is 469 g/mol. The highest BCUT2D eigenvalue weighted by molar-refractivity contribution is 6.46. The number of benzene rings is 2. The zero-order valence-electron chi connectivity index (χ0n) is 17.7. The third kappa shape index (κ3) is 4.34. The Labute approximate surface area is 194 Å². The van der Waals surface area contributed by atoms with Gasteiger partial charge in [-0.05, 0) is 30.7 Å². The molecule has 170 valence electrons. The number of halogens is 2. The van der Waals surface area contributed by atoms with Crippen molar-refractivity contribution >= 4 is 29.1 Å². The molecule has 0 spiro atoms. The number of ketones is 1. The number of aliphatic hydroxyl groups is 1. The fourth-order valence-corrected chi connectivity index (χ4v) is 4.20. The first kappa shape index (κ1) is 22.5. The molecule has 9 heteroatoms. The molecular formula is C24H21ClFN3O4. The second-order valence-corrected chi connectivity index (χ2v) is 7.92. The van der Waals surface area contributed by atoms with E-state index in [-0.39, 0.29) is 28.3 Å². The smallest absolute Gasteiger partial charge is 0.295 e. The van der Waals surface area contributed by atoms with Crippen LogP contribution in [0.4, 0.5) is 4.39 Å². The molecule has 1 aliphatic rings. The van der Waals surface area contributed by atoms with E-state index < -0.39 is 29.3 Å². The zero-order valence-corrected chi connectivity index (χ0v) is 18.5. The number of ether oxygens (including phenoxy) is 1. The van der Waals surface area contributed by atoms with Gasteiger partial charge in [-0.2, -0.15) is 0 Å². The summed E-state index contributed by atoms with van der Waals surface area (Å²) in [6.45, 7) is 0.739. The van der Waals surface area contributed by atoms with Crippen LogP contribution in [0.3, 0.4) is 0 Å². The second kappa shape index (κ2) is 9.46. The average molecular weight is 470 g/mol. The van der Waals surface area contributed by atoms with Crippen LogP contribution in [0.2, 0.25) is 5.02 Å². The third-order valence-electron chi connectivity index (χ3n) is 5.54. The number of aromatic nitrogens is 2. The van der Waals surface area contributed by atoms with Crippen molar-refractivity contribution in [2.45, 2.75) is 19.0 Å². The van der Waals surface area contributed by atoms with Crippen molar-refractivity contribution in [3.8, 4) is 5.75 Å². The first-order valence-corrected chi connectivity index (χ1v) is 10.6. The SMILES string of the molecule is COc1ccc(/C(O)=C2\C(=O)C(=O)N(CCCn3ccnc3)[C@@H]2c2ccccc2F)cc1Cl. The maximum atomic E-state index is 14.8. The average Bonchev–Trinajstić information content (AvgIpc) is 3.41.